The highest BCUT2D eigenvalue weighted by atomic mass is 35.5. The van der Waals surface area contributed by atoms with Gasteiger partial charge in [-0.2, -0.15) is 13.2 Å². The Morgan fingerprint density at radius 1 is 1.08 bits per heavy atom. The molecule has 0 saturated heterocycles. The van der Waals surface area contributed by atoms with Crippen molar-refractivity contribution in [3.05, 3.63) is 101 Å². The second-order valence-electron chi connectivity index (χ2n) is 7.91. The van der Waals surface area contributed by atoms with Crippen LogP contribution < -0.4 is 4.74 Å². The maximum Gasteiger partial charge on any atom is 0.432 e. The fraction of sp³-hybridized carbons (Fsp3) is 0.115. The molecule has 0 atom stereocenters. The van der Waals surface area contributed by atoms with Crippen molar-refractivity contribution in [1.82, 2.24) is 14.5 Å². The molecule has 3 aromatic heterocycles. The summed E-state index contributed by atoms with van der Waals surface area (Å²) in [6.07, 6.45) is -0.697. The van der Waals surface area contributed by atoms with E-state index in [4.69, 9.17) is 20.8 Å². The topological polar surface area (TPSA) is 70.2 Å². The molecule has 182 valence electrons. The number of oxazole rings is 1. The number of benzene rings is 2. The number of hydrogen-bond acceptors (Lipinski definition) is 5. The molecule has 0 saturated carbocycles. The molecule has 5 aromatic rings. The van der Waals surface area contributed by atoms with Gasteiger partial charge in [0, 0.05) is 40.4 Å². The number of aromatic nitrogens is 3. The summed E-state index contributed by atoms with van der Waals surface area (Å²) in [4.78, 5) is 21.6. The van der Waals surface area contributed by atoms with E-state index in [1.807, 2.05) is 0 Å². The highest BCUT2D eigenvalue weighted by molar-refractivity contribution is 6.30. The fourth-order valence-electron chi connectivity index (χ4n) is 4.05. The van der Waals surface area contributed by atoms with E-state index in [1.54, 1.807) is 42.5 Å². The van der Waals surface area contributed by atoms with Gasteiger partial charge in [-0.05, 0) is 48.0 Å². The maximum atomic E-state index is 14.6. The van der Waals surface area contributed by atoms with Crippen molar-refractivity contribution < 1.29 is 27.1 Å². The van der Waals surface area contributed by atoms with E-state index in [-0.39, 0.29) is 29.1 Å². The highest BCUT2D eigenvalue weighted by Gasteiger charge is 2.42. The minimum absolute atomic E-state index is 0.0856. The molecule has 36 heavy (non-hydrogen) atoms. The molecule has 0 N–H and O–H groups in total. The molecular formula is C26H17ClF3N3O3. The van der Waals surface area contributed by atoms with Crippen LogP contribution in [0, 0.1) is 0 Å². The van der Waals surface area contributed by atoms with Crippen molar-refractivity contribution >= 4 is 28.3 Å². The van der Waals surface area contributed by atoms with E-state index < -0.39 is 23.2 Å². The van der Waals surface area contributed by atoms with Gasteiger partial charge in [0.2, 0.25) is 11.7 Å². The van der Waals surface area contributed by atoms with Crippen molar-refractivity contribution in [2.24, 2.45) is 0 Å². The van der Waals surface area contributed by atoms with Crippen molar-refractivity contribution in [2.45, 2.75) is 12.7 Å². The quantitative estimate of drug-likeness (QED) is 0.239. The van der Waals surface area contributed by atoms with Crippen LogP contribution in [0.5, 0.6) is 5.75 Å². The number of halogens is 4. The summed E-state index contributed by atoms with van der Waals surface area (Å²) in [5.41, 5.74) is -0.297. The Morgan fingerprint density at radius 3 is 2.47 bits per heavy atom. The summed E-state index contributed by atoms with van der Waals surface area (Å²) < 4.78 is 55.6. The van der Waals surface area contributed by atoms with E-state index in [2.05, 4.69) is 9.97 Å². The van der Waals surface area contributed by atoms with Crippen LogP contribution in [0.3, 0.4) is 0 Å². The Labute approximate surface area is 207 Å². The summed E-state index contributed by atoms with van der Waals surface area (Å²) in [5.74, 6) is -0.857. The van der Waals surface area contributed by atoms with Crippen LogP contribution in [0.15, 0.2) is 77.6 Å². The van der Waals surface area contributed by atoms with Crippen LogP contribution in [0.25, 0.3) is 22.4 Å². The normalized spacial score (nSPS) is 11.7. The van der Waals surface area contributed by atoms with Crippen molar-refractivity contribution in [3.8, 4) is 17.2 Å². The lowest BCUT2D eigenvalue weighted by Crippen LogP contribution is -2.18. The predicted molar refractivity (Wildman–Crippen MR) is 127 cm³/mol. The first-order valence-electron chi connectivity index (χ1n) is 10.7. The molecule has 0 unspecified atom stereocenters. The SMILES string of the molecule is COc1ccc2c(c1)c(C(=O)c1cnc(-c3ccncc3)o1)c(C(F)(F)F)n2Cc1ccc(Cl)cc1. The van der Waals surface area contributed by atoms with Crippen LogP contribution in [-0.2, 0) is 12.7 Å². The third-order valence-electron chi connectivity index (χ3n) is 5.68. The van der Waals surface area contributed by atoms with Gasteiger partial charge in [0.05, 0.1) is 18.9 Å². The van der Waals surface area contributed by atoms with E-state index in [0.29, 0.717) is 21.9 Å². The fourth-order valence-corrected chi connectivity index (χ4v) is 4.18. The van der Waals surface area contributed by atoms with Crippen LogP contribution in [0.2, 0.25) is 5.02 Å². The second-order valence-corrected chi connectivity index (χ2v) is 8.35. The molecule has 0 bridgehead atoms. The lowest BCUT2D eigenvalue weighted by Gasteiger charge is -2.15. The van der Waals surface area contributed by atoms with Gasteiger partial charge in [-0.25, -0.2) is 4.98 Å². The lowest BCUT2D eigenvalue weighted by atomic mass is 10.0. The molecule has 0 aliphatic heterocycles. The van der Waals surface area contributed by atoms with Gasteiger partial charge in [-0.15, -0.1) is 0 Å². The minimum atomic E-state index is -4.85. The number of carbonyl (C=O) groups excluding carboxylic acids is 1. The van der Waals surface area contributed by atoms with Crippen molar-refractivity contribution in [1.29, 1.82) is 0 Å². The first-order valence-corrected chi connectivity index (χ1v) is 11.1. The van der Waals surface area contributed by atoms with Crippen LogP contribution in [0.4, 0.5) is 13.2 Å². The summed E-state index contributed by atoms with van der Waals surface area (Å²) >= 11 is 5.94. The molecule has 6 nitrogen and oxygen atoms in total. The van der Waals surface area contributed by atoms with Crippen LogP contribution in [0.1, 0.15) is 27.4 Å². The van der Waals surface area contributed by atoms with E-state index in [9.17, 15) is 18.0 Å². The zero-order valence-corrected chi connectivity index (χ0v) is 19.5. The molecule has 2 aromatic carbocycles. The third kappa shape index (κ3) is 4.33. The van der Waals surface area contributed by atoms with Gasteiger partial charge in [0.25, 0.3) is 0 Å². The number of rotatable bonds is 6. The van der Waals surface area contributed by atoms with E-state index in [1.165, 1.54) is 31.6 Å². The largest absolute Gasteiger partial charge is 0.497 e. The van der Waals surface area contributed by atoms with Crippen molar-refractivity contribution in [3.63, 3.8) is 0 Å². The number of alkyl halides is 3. The Hall–Kier alpha value is -4.11. The van der Waals surface area contributed by atoms with Gasteiger partial charge in [-0.1, -0.05) is 23.7 Å². The zero-order valence-electron chi connectivity index (χ0n) is 18.7. The Kier molecular flexibility index (Phi) is 6.01. The molecule has 10 heteroatoms. The van der Waals surface area contributed by atoms with Gasteiger partial charge >= 0.3 is 6.18 Å². The van der Waals surface area contributed by atoms with Crippen molar-refractivity contribution in [2.75, 3.05) is 7.11 Å². The highest BCUT2D eigenvalue weighted by Crippen LogP contribution is 2.41. The predicted octanol–water partition coefficient (Wildman–Crippen LogP) is 6.65. The lowest BCUT2D eigenvalue weighted by molar-refractivity contribution is -0.143. The molecule has 0 fully saturated rings. The number of ketones is 1. The average molecular weight is 512 g/mol. The number of nitrogens with zero attached hydrogens (tertiary/aromatic N) is 3. The van der Waals surface area contributed by atoms with Gasteiger partial charge in [-0.3, -0.25) is 9.78 Å². The average Bonchev–Trinajstić information content (AvgIpc) is 3.49. The Bertz CT molecular complexity index is 1560. The Balaban J connectivity index is 1.71. The van der Waals surface area contributed by atoms with Gasteiger partial charge < -0.3 is 13.7 Å². The zero-order chi connectivity index (χ0) is 25.4. The molecular weight excluding hydrogens is 495 g/mol. The molecule has 0 radical (unpaired) electrons. The van der Waals surface area contributed by atoms with Gasteiger partial charge in [0.15, 0.2) is 5.76 Å². The summed E-state index contributed by atoms with van der Waals surface area (Å²) in [6, 6.07) is 14.2. The number of methoxy groups -OCH3 is 1. The molecule has 0 aliphatic carbocycles. The van der Waals surface area contributed by atoms with Gasteiger partial charge in [0.1, 0.15) is 11.4 Å². The smallest absolute Gasteiger partial charge is 0.432 e. The van der Waals surface area contributed by atoms with E-state index >= 15 is 0 Å². The van der Waals surface area contributed by atoms with Crippen LogP contribution in [-0.4, -0.2) is 27.4 Å². The molecule has 0 spiro atoms. The molecule has 5 rings (SSSR count). The number of fused-ring (bicyclic) bond motifs is 1. The summed E-state index contributed by atoms with van der Waals surface area (Å²) in [6.45, 7) is -0.138. The first kappa shape index (κ1) is 23.6. The first-order chi connectivity index (χ1) is 17.3. The Morgan fingerprint density at radius 2 is 1.81 bits per heavy atom. The second kappa shape index (κ2) is 9.16. The summed E-state index contributed by atoms with van der Waals surface area (Å²) in [7, 11) is 1.40. The number of pyridine rings is 1. The van der Waals surface area contributed by atoms with E-state index in [0.717, 1.165) is 10.8 Å². The standard InChI is InChI=1S/C26H17ClF3N3O3/c1-35-18-6-7-20-19(12-18)22(23(34)21-13-32-25(36-21)16-8-10-31-11-9-16)24(26(28,29)30)33(20)14-15-2-4-17(27)5-3-15/h2-13H,14H2,1H3. The minimum Gasteiger partial charge on any atom is -0.497 e. The molecule has 0 aliphatic rings. The number of ether oxygens (including phenoxy) is 1. The summed E-state index contributed by atoms with van der Waals surface area (Å²) in [5, 5.41) is 0.547. The maximum absolute atomic E-state index is 14.6. The monoisotopic (exact) mass is 511 g/mol. The molecule has 3 heterocycles. The molecule has 0 amide bonds. The number of carbonyl (C=O) groups is 1. The number of hydrogen-bond donors (Lipinski definition) is 0. The van der Waals surface area contributed by atoms with Crippen LogP contribution >= 0.6 is 11.6 Å². The third-order valence-corrected chi connectivity index (χ3v) is 5.93.